The van der Waals surface area contributed by atoms with E-state index in [2.05, 4.69) is 6.92 Å². The van der Waals surface area contributed by atoms with Crippen LogP contribution in [0.2, 0.25) is 0 Å². The minimum absolute atomic E-state index is 0.172. The van der Waals surface area contributed by atoms with Gasteiger partial charge in [-0.2, -0.15) is 0 Å². The maximum absolute atomic E-state index is 11.8. The van der Waals surface area contributed by atoms with Crippen LogP contribution in [0.4, 0.5) is 0 Å². The Morgan fingerprint density at radius 2 is 1.71 bits per heavy atom. The Balaban J connectivity index is 2.31. The molecule has 4 nitrogen and oxygen atoms in total. The number of rotatable bonds is 10. The van der Waals surface area contributed by atoms with Gasteiger partial charge in [0.15, 0.2) is 5.78 Å². The Morgan fingerprint density at radius 1 is 1.00 bits per heavy atom. The highest BCUT2D eigenvalue weighted by atomic mass is 16.5. The molecule has 21 heavy (non-hydrogen) atoms. The number of benzene rings is 1. The number of hydrogen-bond donors (Lipinski definition) is 0. The Morgan fingerprint density at radius 3 is 2.33 bits per heavy atom. The van der Waals surface area contributed by atoms with E-state index in [0.29, 0.717) is 38.2 Å². The van der Waals surface area contributed by atoms with Crippen molar-refractivity contribution >= 4 is 11.8 Å². The van der Waals surface area contributed by atoms with Gasteiger partial charge in [-0.15, -0.1) is 0 Å². The summed E-state index contributed by atoms with van der Waals surface area (Å²) in [4.78, 5) is 23.0. The van der Waals surface area contributed by atoms with Gasteiger partial charge in [-0.05, 0) is 44.0 Å². The van der Waals surface area contributed by atoms with Gasteiger partial charge in [-0.1, -0.05) is 13.3 Å². The fraction of sp³-hybridized carbons (Fsp3) is 0.529. The highest BCUT2D eigenvalue weighted by molar-refractivity contribution is 5.96. The molecule has 0 amide bonds. The quantitative estimate of drug-likeness (QED) is 0.374. The van der Waals surface area contributed by atoms with Crippen LogP contribution in [-0.2, 0) is 9.53 Å². The first-order valence-electron chi connectivity index (χ1n) is 7.59. The summed E-state index contributed by atoms with van der Waals surface area (Å²) < 4.78 is 10.4. The van der Waals surface area contributed by atoms with Crippen LogP contribution in [0.25, 0.3) is 0 Å². The van der Waals surface area contributed by atoms with Gasteiger partial charge < -0.3 is 9.47 Å². The fourth-order valence-electron chi connectivity index (χ4n) is 1.86. The first-order chi connectivity index (χ1) is 10.2. The summed E-state index contributed by atoms with van der Waals surface area (Å²) in [5.41, 5.74) is 0.724. The minimum atomic E-state index is -0.196. The first-order valence-corrected chi connectivity index (χ1v) is 7.59. The van der Waals surface area contributed by atoms with Gasteiger partial charge in [0.25, 0.3) is 0 Å². The molecule has 4 heteroatoms. The molecule has 0 unspecified atom stereocenters. The standard InChI is InChI=1S/C17H24O4/c1-3-5-7-16(18)14-9-11-15(12-10-14)21-13-6-8-17(19)20-4-2/h9-12H,3-8,13H2,1-2H3. The van der Waals surface area contributed by atoms with Crippen LogP contribution in [0.1, 0.15) is 56.3 Å². The van der Waals surface area contributed by atoms with Crippen molar-refractivity contribution in [3.8, 4) is 5.75 Å². The SMILES string of the molecule is CCCCC(=O)c1ccc(OCCCC(=O)OCC)cc1. The molecule has 0 aliphatic rings. The molecule has 0 spiro atoms. The second-order valence-corrected chi connectivity index (χ2v) is 4.81. The van der Waals surface area contributed by atoms with Crippen LogP contribution in [0.15, 0.2) is 24.3 Å². The van der Waals surface area contributed by atoms with E-state index < -0.39 is 0 Å². The van der Waals surface area contributed by atoms with Crippen molar-refractivity contribution in [2.45, 2.75) is 46.0 Å². The maximum atomic E-state index is 11.8. The van der Waals surface area contributed by atoms with Crippen LogP contribution in [0.5, 0.6) is 5.75 Å². The van der Waals surface area contributed by atoms with Crippen molar-refractivity contribution in [2.75, 3.05) is 13.2 Å². The summed E-state index contributed by atoms with van der Waals surface area (Å²) >= 11 is 0. The van der Waals surface area contributed by atoms with Crippen molar-refractivity contribution in [2.24, 2.45) is 0 Å². The lowest BCUT2D eigenvalue weighted by atomic mass is 10.1. The third kappa shape index (κ3) is 6.93. The second-order valence-electron chi connectivity index (χ2n) is 4.81. The average Bonchev–Trinajstić information content (AvgIpc) is 2.50. The van der Waals surface area contributed by atoms with Gasteiger partial charge in [0.05, 0.1) is 13.2 Å². The number of carbonyl (C=O) groups is 2. The molecule has 0 bridgehead atoms. The number of hydrogen-bond acceptors (Lipinski definition) is 4. The summed E-state index contributed by atoms with van der Waals surface area (Å²) in [6.45, 7) is 4.73. The highest BCUT2D eigenvalue weighted by Crippen LogP contribution is 2.15. The molecule has 1 aromatic carbocycles. The van der Waals surface area contributed by atoms with Crippen molar-refractivity contribution in [1.82, 2.24) is 0 Å². The zero-order valence-corrected chi connectivity index (χ0v) is 12.9. The summed E-state index contributed by atoms with van der Waals surface area (Å²) in [6.07, 6.45) is 3.52. The summed E-state index contributed by atoms with van der Waals surface area (Å²) in [6, 6.07) is 7.17. The number of carbonyl (C=O) groups excluding carboxylic acids is 2. The van der Waals surface area contributed by atoms with Crippen molar-refractivity contribution in [3.63, 3.8) is 0 Å². The largest absolute Gasteiger partial charge is 0.494 e. The third-order valence-electron chi connectivity index (χ3n) is 3.03. The molecule has 0 saturated heterocycles. The molecule has 0 aliphatic carbocycles. The first kappa shape index (κ1) is 17.2. The normalized spacial score (nSPS) is 10.2. The van der Waals surface area contributed by atoms with Gasteiger partial charge in [0, 0.05) is 18.4 Å². The van der Waals surface area contributed by atoms with Crippen LogP contribution in [0.3, 0.4) is 0 Å². The van der Waals surface area contributed by atoms with Gasteiger partial charge in [0.2, 0.25) is 0 Å². The van der Waals surface area contributed by atoms with Crippen LogP contribution >= 0.6 is 0 Å². The topological polar surface area (TPSA) is 52.6 Å². The zero-order valence-electron chi connectivity index (χ0n) is 12.9. The number of ether oxygens (including phenoxy) is 2. The smallest absolute Gasteiger partial charge is 0.305 e. The molecule has 0 heterocycles. The van der Waals surface area contributed by atoms with Crippen LogP contribution in [0, 0.1) is 0 Å². The minimum Gasteiger partial charge on any atom is -0.494 e. The predicted molar refractivity (Wildman–Crippen MR) is 81.7 cm³/mol. The molecule has 0 fully saturated rings. The van der Waals surface area contributed by atoms with Crippen molar-refractivity contribution < 1.29 is 19.1 Å². The Bertz CT molecular complexity index is 437. The molecular formula is C17H24O4. The number of unbranched alkanes of at least 4 members (excludes halogenated alkanes) is 1. The summed E-state index contributed by atoms with van der Waals surface area (Å²) in [5.74, 6) is 0.689. The van der Waals surface area contributed by atoms with E-state index in [4.69, 9.17) is 9.47 Å². The monoisotopic (exact) mass is 292 g/mol. The zero-order chi connectivity index (χ0) is 15.5. The molecule has 0 aromatic heterocycles. The Labute approximate surface area is 126 Å². The van der Waals surface area contributed by atoms with Crippen LogP contribution in [-0.4, -0.2) is 25.0 Å². The summed E-state index contributed by atoms with van der Waals surface area (Å²) in [5, 5.41) is 0. The van der Waals surface area contributed by atoms with E-state index in [1.165, 1.54) is 0 Å². The maximum Gasteiger partial charge on any atom is 0.305 e. The molecule has 0 saturated carbocycles. The van der Waals surface area contributed by atoms with E-state index in [0.717, 1.165) is 18.4 Å². The lowest BCUT2D eigenvalue weighted by Crippen LogP contribution is -2.06. The fourth-order valence-corrected chi connectivity index (χ4v) is 1.86. The molecule has 1 rings (SSSR count). The van der Waals surface area contributed by atoms with Gasteiger partial charge in [0.1, 0.15) is 5.75 Å². The van der Waals surface area contributed by atoms with Gasteiger partial charge >= 0.3 is 5.97 Å². The summed E-state index contributed by atoms with van der Waals surface area (Å²) in [7, 11) is 0. The second kappa shape index (κ2) is 9.97. The Kier molecular flexibility index (Phi) is 8.17. The average molecular weight is 292 g/mol. The van der Waals surface area contributed by atoms with Gasteiger partial charge in [-0.3, -0.25) is 9.59 Å². The van der Waals surface area contributed by atoms with Crippen molar-refractivity contribution in [3.05, 3.63) is 29.8 Å². The molecule has 116 valence electrons. The lowest BCUT2D eigenvalue weighted by Gasteiger charge is -2.07. The van der Waals surface area contributed by atoms with E-state index >= 15 is 0 Å². The van der Waals surface area contributed by atoms with E-state index in [-0.39, 0.29) is 11.8 Å². The molecule has 1 aromatic rings. The number of esters is 1. The predicted octanol–water partition coefficient (Wildman–Crippen LogP) is 3.78. The van der Waals surface area contributed by atoms with E-state index in [1.54, 1.807) is 31.2 Å². The Hall–Kier alpha value is -1.84. The molecular weight excluding hydrogens is 268 g/mol. The van der Waals surface area contributed by atoms with E-state index in [9.17, 15) is 9.59 Å². The van der Waals surface area contributed by atoms with Crippen LogP contribution < -0.4 is 4.74 Å². The third-order valence-corrected chi connectivity index (χ3v) is 3.03. The molecule has 0 N–H and O–H groups in total. The van der Waals surface area contributed by atoms with Gasteiger partial charge in [-0.25, -0.2) is 0 Å². The number of ketones is 1. The van der Waals surface area contributed by atoms with Crippen molar-refractivity contribution in [1.29, 1.82) is 0 Å². The molecule has 0 radical (unpaired) electrons. The highest BCUT2D eigenvalue weighted by Gasteiger charge is 2.05. The molecule has 0 atom stereocenters. The molecule has 0 aliphatic heterocycles. The number of Topliss-reactive ketones (excluding diaryl/α,β-unsaturated/α-hetero) is 1. The lowest BCUT2D eigenvalue weighted by molar-refractivity contribution is -0.143. The van der Waals surface area contributed by atoms with E-state index in [1.807, 2.05) is 0 Å².